The summed E-state index contributed by atoms with van der Waals surface area (Å²) in [5, 5.41) is 15.1. The number of hydrogen-bond acceptors (Lipinski definition) is 5. The number of ether oxygens (including phenoxy) is 1. The summed E-state index contributed by atoms with van der Waals surface area (Å²) in [5.74, 6) is 1.09. The van der Waals surface area contributed by atoms with E-state index in [1.165, 1.54) is 0 Å². The van der Waals surface area contributed by atoms with Gasteiger partial charge in [0.1, 0.15) is 17.5 Å². The van der Waals surface area contributed by atoms with E-state index in [4.69, 9.17) is 10.00 Å². The summed E-state index contributed by atoms with van der Waals surface area (Å²) < 4.78 is 5.87. The van der Waals surface area contributed by atoms with Gasteiger partial charge in [-0.05, 0) is 58.6 Å². The number of alkyl carbamates (subject to hydrolysis) is 1. The van der Waals surface area contributed by atoms with Crippen molar-refractivity contribution in [2.45, 2.75) is 65.5 Å². The van der Waals surface area contributed by atoms with Crippen molar-refractivity contribution in [1.82, 2.24) is 10.3 Å². The second-order valence-electron chi connectivity index (χ2n) is 8.88. The highest BCUT2D eigenvalue weighted by Crippen LogP contribution is 2.52. The molecule has 1 fully saturated rings. The highest BCUT2D eigenvalue weighted by Gasteiger charge is 2.54. The van der Waals surface area contributed by atoms with Crippen LogP contribution in [-0.2, 0) is 4.74 Å². The van der Waals surface area contributed by atoms with E-state index in [2.05, 4.69) is 35.5 Å². The summed E-state index contributed by atoms with van der Waals surface area (Å²) in [5.41, 5.74) is -0.477. The molecule has 0 spiro atoms. The molecule has 0 aromatic carbocycles. The number of hydrogen-bond donors (Lipinski definition) is 2. The Balaban J connectivity index is 1.99. The van der Waals surface area contributed by atoms with Gasteiger partial charge < -0.3 is 15.4 Å². The fourth-order valence-electron chi connectivity index (χ4n) is 3.43. The molecule has 1 aliphatic carbocycles. The Bertz CT molecular complexity index is 685. The third-order valence-electron chi connectivity index (χ3n) is 5.57. The molecule has 6 nitrogen and oxygen atoms in total. The molecule has 26 heavy (non-hydrogen) atoms. The van der Waals surface area contributed by atoms with E-state index in [0.717, 1.165) is 25.2 Å². The predicted octanol–water partition coefficient (Wildman–Crippen LogP) is 4.08. The number of aromatic nitrogens is 1. The van der Waals surface area contributed by atoms with Gasteiger partial charge in [0.05, 0.1) is 5.56 Å². The molecule has 1 saturated carbocycles. The molecule has 2 N–H and O–H groups in total. The second kappa shape index (κ2) is 7.14. The smallest absolute Gasteiger partial charge is 0.408 e. The molecule has 0 radical (unpaired) electrons. The first-order chi connectivity index (χ1) is 12.0. The van der Waals surface area contributed by atoms with Crippen LogP contribution in [0.3, 0.4) is 0 Å². The lowest BCUT2D eigenvalue weighted by molar-refractivity contribution is -0.0547. The van der Waals surface area contributed by atoms with Crippen LogP contribution in [-0.4, -0.2) is 28.8 Å². The van der Waals surface area contributed by atoms with Crippen LogP contribution in [0.2, 0.25) is 0 Å². The maximum atomic E-state index is 12.3. The van der Waals surface area contributed by atoms with Crippen molar-refractivity contribution in [3.8, 4) is 6.07 Å². The number of carbonyl (C=O) groups is 1. The highest BCUT2D eigenvalue weighted by molar-refractivity contribution is 5.68. The van der Waals surface area contributed by atoms with Crippen molar-refractivity contribution >= 4 is 11.9 Å². The van der Waals surface area contributed by atoms with Crippen LogP contribution >= 0.6 is 0 Å². The molecule has 1 amide bonds. The van der Waals surface area contributed by atoms with E-state index in [0.29, 0.717) is 11.5 Å². The number of nitrogens with zero attached hydrogens (tertiary/aromatic N) is 2. The van der Waals surface area contributed by atoms with Gasteiger partial charge in [-0.25, -0.2) is 9.78 Å². The van der Waals surface area contributed by atoms with Crippen LogP contribution in [0.25, 0.3) is 0 Å². The van der Waals surface area contributed by atoms with Gasteiger partial charge in [-0.2, -0.15) is 5.26 Å². The normalized spacial score (nSPS) is 24.6. The average Bonchev–Trinajstić information content (AvgIpc) is 2.74. The van der Waals surface area contributed by atoms with E-state index >= 15 is 0 Å². The standard InChI is InChI=1S/C20H30N4O2/c1-18(2,3)24-17(25)26-20(6)10-9-15(19(20,4)5)13-23-16-8-7-14(11-21)12-22-16/h7-8,12,15H,9-10,13H2,1-6H3,(H,22,23)(H,24,25)/t15-,20-/m1/s1. The minimum absolute atomic E-state index is 0.179. The third-order valence-corrected chi connectivity index (χ3v) is 5.57. The zero-order valence-corrected chi connectivity index (χ0v) is 16.6. The molecule has 0 aliphatic heterocycles. The number of anilines is 1. The fourth-order valence-corrected chi connectivity index (χ4v) is 3.43. The minimum atomic E-state index is -0.521. The lowest BCUT2D eigenvalue weighted by atomic mass is 9.73. The Morgan fingerprint density at radius 2 is 2.08 bits per heavy atom. The summed E-state index contributed by atoms with van der Waals surface area (Å²) in [4.78, 5) is 16.5. The predicted molar refractivity (Wildman–Crippen MR) is 102 cm³/mol. The van der Waals surface area contributed by atoms with Crippen LogP contribution in [0, 0.1) is 22.7 Å². The lowest BCUT2D eigenvalue weighted by Crippen LogP contribution is -2.50. The molecule has 1 aromatic heterocycles. The summed E-state index contributed by atoms with van der Waals surface area (Å²) in [6.45, 7) is 12.9. The molecule has 2 atom stereocenters. The number of pyridine rings is 1. The molecule has 2 rings (SSSR count). The molecule has 0 bridgehead atoms. The summed E-state index contributed by atoms with van der Waals surface area (Å²) in [6, 6.07) is 5.63. The highest BCUT2D eigenvalue weighted by atomic mass is 16.6. The molecule has 142 valence electrons. The lowest BCUT2D eigenvalue weighted by Gasteiger charge is -2.41. The molecular formula is C20H30N4O2. The van der Waals surface area contributed by atoms with Crippen LogP contribution in [0.1, 0.15) is 59.9 Å². The van der Waals surface area contributed by atoms with Crippen LogP contribution < -0.4 is 10.6 Å². The van der Waals surface area contributed by atoms with Crippen molar-refractivity contribution < 1.29 is 9.53 Å². The average molecular weight is 358 g/mol. The first kappa shape index (κ1) is 20.0. The van der Waals surface area contributed by atoms with Crippen molar-refractivity contribution in [2.75, 3.05) is 11.9 Å². The number of rotatable bonds is 4. The van der Waals surface area contributed by atoms with Crippen LogP contribution in [0.5, 0.6) is 0 Å². The van der Waals surface area contributed by atoms with Gasteiger partial charge in [0, 0.05) is 23.7 Å². The third kappa shape index (κ3) is 4.46. The maximum Gasteiger partial charge on any atom is 0.408 e. The zero-order valence-electron chi connectivity index (χ0n) is 16.6. The van der Waals surface area contributed by atoms with Gasteiger partial charge in [0.15, 0.2) is 0 Å². The second-order valence-corrected chi connectivity index (χ2v) is 8.88. The first-order valence-corrected chi connectivity index (χ1v) is 9.08. The first-order valence-electron chi connectivity index (χ1n) is 9.08. The molecule has 1 aromatic rings. The SMILES string of the molecule is CC(C)(C)NC(=O)O[C@]1(C)CC[C@H](CNc2ccc(C#N)cn2)C1(C)C. The fraction of sp³-hybridized carbons (Fsp3) is 0.650. The van der Waals surface area contributed by atoms with Gasteiger partial charge in [0.2, 0.25) is 0 Å². The van der Waals surface area contributed by atoms with Gasteiger partial charge in [-0.1, -0.05) is 13.8 Å². The molecule has 0 unspecified atom stereocenters. The summed E-state index contributed by atoms with van der Waals surface area (Å²) >= 11 is 0. The van der Waals surface area contributed by atoms with Gasteiger partial charge in [-0.3, -0.25) is 0 Å². The Morgan fingerprint density at radius 1 is 1.38 bits per heavy atom. The van der Waals surface area contributed by atoms with Gasteiger partial charge in [0.25, 0.3) is 0 Å². The van der Waals surface area contributed by atoms with E-state index < -0.39 is 5.60 Å². The van der Waals surface area contributed by atoms with Gasteiger partial charge >= 0.3 is 6.09 Å². The topological polar surface area (TPSA) is 87.0 Å². The summed E-state index contributed by atoms with van der Waals surface area (Å²) in [7, 11) is 0. The van der Waals surface area contributed by atoms with Crippen molar-refractivity contribution in [3.63, 3.8) is 0 Å². The number of carbonyl (C=O) groups excluding carboxylic acids is 1. The maximum absolute atomic E-state index is 12.3. The van der Waals surface area contributed by atoms with E-state index in [-0.39, 0.29) is 17.0 Å². The number of amides is 1. The van der Waals surface area contributed by atoms with E-state index in [1.807, 2.05) is 33.8 Å². The zero-order chi connectivity index (χ0) is 19.6. The van der Waals surface area contributed by atoms with Gasteiger partial charge in [-0.15, -0.1) is 0 Å². The van der Waals surface area contributed by atoms with Crippen molar-refractivity contribution in [2.24, 2.45) is 11.3 Å². The Morgan fingerprint density at radius 3 is 2.62 bits per heavy atom. The Labute approximate surface area is 156 Å². The quantitative estimate of drug-likeness (QED) is 0.846. The number of nitriles is 1. The summed E-state index contributed by atoms with van der Waals surface area (Å²) in [6.07, 6.45) is 2.99. The molecule has 0 saturated heterocycles. The Hall–Kier alpha value is -2.29. The molecular weight excluding hydrogens is 328 g/mol. The molecule has 6 heteroatoms. The van der Waals surface area contributed by atoms with Crippen LogP contribution in [0.4, 0.5) is 10.6 Å². The molecule has 1 aliphatic rings. The molecule has 1 heterocycles. The van der Waals surface area contributed by atoms with Crippen molar-refractivity contribution in [1.29, 1.82) is 5.26 Å². The van der Waals surface area contributed by atoms with Crippen LogP contribution in [0.15, 0.2) is 18.3 Å². The monoisotopic (exact) mass is 358 g/mol. The largest absolute Gasteiger partial charge is 0.443 e. The Kier molecular flexibility index (Phi) is 5.50. The number of nitrogens with one attached hydrogen (secondary N) is 2. The van der Waals surface area contributed by atoms with Crippen molar-refractivity contribution in [3.05, 3.63) is 23.9 Å². The van der Waals surface area contributed by atoms with E-state index in [9.17, 15) is 4.79 Å². The minimum Gasteiger partial charge on any atom is -0.443 e. The van der Waals surface area contributed by atoms with E-state index in [1.54, 1.807) is 12.3 Å².